The fourth-order valence-electron chi connectivity index (χ4n) is 0.941. The van der Waals surface area contributed by atoms with Crippen LogP contribution in [0.4, 0.5) is 0 Å². The first kappa shape index (κ1) is 8.16. The predicted molar refractivity (Wildman–Crippen MR) is 46.6 cm³/mol. The van der Waals surface area contributed by atoms with Crippen LogP contribution < -0.4 is 0 Å². The van der Waals surface area contributed by atoms with Gasteiger partial charge in [-0.25, -0.2) is 0 Å². The van der Waals surface area contributed by atoms with Crippen LogP contribution in [0, 0.1) is 0 Å². The van der Waals surface area contributed by atoms with Crippen molar-refractivity contribution in [1.82, 2.24) is 0 Å². The molecule has 0 saturated heterocycles. The van der Waals surface area contributed by atoms with Gasteiger partial charge in [0.25, 0.3) is 0 Å². The van der Waals surface area contributed by atoms with Gasteiger partial charge in [-0.1, -0.05) is 40.4 Å². The first-order valence-electron chi connectivity index (χ1n) is 3.25. The van der Waals surface area contributed by atoms with Gasteiger partial charge in [-0.2, -0.15) is 0 Å². The second-order valence-electron chi connectivity index (χ2n) is 2.73. The van der Waals surface area contributed by atoms with E-state index in [9.17, 15) is 0 Å². The van der Waals surface area contributed by atoms with Crippen molar-refractivity contribution in [2.45, 2.75) is 24.6 Å². The van der Waals surface area contributed by atoms with Crippen molar-refractivity contribution in [1.29, 1.82) is 0 Å². The summed E-state index contributed by atoms with van der Waals surface area (Å²) in [6.45, 7) is 4.12. The van der Waals surface area contributed by atoms with Gasteiger partial charge in [0, 0.05) is 6.42 Å². The molecule has 0 saturated carbocycles. The summed E-state index contributed by atoms with van der Waals surface area (Å²) < 4.78 is -0.663. The lowest BCUT2D eigenvalue weighted by molar-refractivity contribution is 0.885. The Labute approximate surface area is 71.5 Å². The van der Waals surface area contributed by atoms with Gasteiger partial charge < -0.3 is 0 Å². The lowest BCUT2D eigenvalue weighted by Gasteiger charge is -2.20. The van der Waals surface area contributed by atoms with Crippen LogP contribution in [-0.4, -0.2) is 4.33 Å². The number of rotatable bonds is 0. The SMILES string of the molecule is CC1=C(C)CC(Cl)(Cl)C=C1. The molecular formula is C8H10Cl2. The van der Waals surface area contributed by atoms with Crippen molar-refractivity contribution < 1.29 is 0 Å². The molecule has 10 heavy (non-hydrogen) atoms. The van der Waals surface area contributed by atoms with Crippen molar-refractivity contribution in [3.8, 4) is 0 Å². The van der Waals surface area contributed by atoms with Crippen LogP contribution in [0.15, 0.2) is 23.3 Å². The summed E-state index contributed by atoms with van der Waals surface area (Å²) in [5.41, 5.74) is 2.55. The minimum atomic E-state index is -0.663. The predicted octanol–water partition coefficient (Wildman–Crippen LogP) is 3.46. The Hall–Kier alpha value is 0.0600. The van der Waals surface area contributed by atoms with Crippen molar-refractivity contribution >= 4 is 23.2 Å². The molecule has 0 aromatic carbocycles. The van der Waals surface area contributed by atoms with Crippen LogP contribution >= 0.6 is 23.2 Å². The highest BCUT2D eigenvalue weighted by atomic mass is 35.5. The molecule has 2 heteroatoms. The average molecular weight is 177 g/mol. The fraction of sp³-hybridized carbons (Fsp3) is 0.500. The number of hydrogen-bond donors (Lipinski definition) is 0. The molecule has 0 heterocycles. The Balaban J connectivity index is 2.85. The maximum absolute atomic E-state index is 5.88. The summed E-state index contributed by atoms with van der Waals surface area (Å²) in [7, 11) is 0. The molecule has 0 aromatic rings. The van der Waals surface area contributed by atoms with Gasteiger partial charge in [-0.05, 0) is 19.9 Å². The molecule has 0 fully saturated rings. The number of allylic oxidation sites excluding steroid dienone is 4. The number of hydrogen-bond acceptors (Lipinski definition) is 0. The lowest BCUT2D eigenvalue weighted by Crippen LogP contribution is -2.12. The van der Waals surface area contributed by atoms with E-state index >= 15 is 0 Å². The third kappa shape index (κ3) is 1.77. The van der Waals surface area contributed by atoms with Crippen molar-refractivity contribution in [3.05, 3.63) is 23.3 Å². The van der Waals surface area contributed by atoms with Crippen LogP contribution in [0.1, 0.15) is 20.3 Å². The van der Waals surface area contributed by atoms with E-state index < -0.39 is 4.33 Å². The molecule has 0 unspecified atom stereocenters. The molecule has 0 aromatic heterocycles. The van der Waals surface area contributed by atoms with Gasteiger partial charge in [0.05, 0.1) is 0 Å². The zero-order valence-electron chi connectivity index (χ0n) is 6.12. The first-order valence-corrected chi connectivity index (χ1v) is 4.00. The van der Waals surface area contributed by atoms with Crippen molar-refractivity contribution in [2.75, 3.05) is 0 Å². The Morgan fingerprint density at radius 3 is 2.40 bits per heavy atom. The summed E-state index contributed by atoms with van der Waals surface area (Å²) in [4.78, 5) is 0. The molecule has 0 bridgehead atoms. The molecule has 0 nitrogen and oxygen atoms in total. The molecule has 1 rings (SSSR count). The van der Waals surface area contributed by atoms with Crippen LogP contribution in [0.2, 0.25) is 0 Å². The summed E-state index contributed by atoms with van der Waals surface area (Å²) >= 11 is 11.8. The van der Waals surface area contributed by atoms with Crippen molar-refractivity contribution in [2.24, 2.45) is 0 Å². The summed E-state index contributed by atoms with van der Waals surface area (Å²) in [5.74, 6) is 0. The molecule has 0 atom stereocenters. The topological polar surface area (TPSA) is 0 Å². The maximum Gasteiger partial charge on any atom is 0.140 e. The molecule has 0 amide bonds. The Kier molecular flexibility index (Phi) is 2.12. The highest BCUT2D eigenvalue weighted by Gasteiger charge is 2.23. The number of alkyl halides is 2. The van der Waals surface area contributed by atoms with E-state index in [4.69, 9.17) is 23.2 Å². The number of halogens is 2. The molecule has 1 aliphatic rings. The van der Waals surface area contributed by atoms with E-state index in [1.165, 1.54) is 11.1 Å². The van der Waals surface area contributed by atoms with Crippen LogP contribution in [-0.2, 0) is 0 Å². The maximum atomic E-state index is 5.88. The Morgan fingerprint density at radius 2 is 2.00 bits per heavy atom. The minimum Gasteiger partial charge on any atom is -0.0966 e. The Bertz CT molecular complexity index is 199. The van der Waals surface area contributed by atoms with Crippen LogP contribution in [0.3, 0.4) is 0 Å². The largest absolute Gasteiger partial charge is 0.140 e. The fourth-order valence-corrected chi connectivity index (χ4v) is 1.47. The molecular weight excluding hydrogens is 167 g/mol. The molecule has 0 aliphatic heterocycles. The van der Waals surface area contributed by atoms with E-state index in [-0.39, 0.29) is 0 Å². The van der Waals surface area contributed by atoms with Crippen LogP contribution in [0.25, 0.3) is 0 Å². The smallest absolute Gasteiger partial charge is 0.0966 e. The normalized spacial score (nSPS) is 23.6. The molecule has 56 valence electrons. The third-order valence-electron chi connectivity index (χ3n) is 1.75. The average Bonchev–Trinajstić information content (AvgIpc) is 1.79. The zero-order valence-corrected chi connectivity index (χ0v) is 7.63. The Morgan fingerprint density at radius 1 is 1.40 bits per heavy atom. The highest BCUT2D eigenvalue weighted by Crippen LogP contribution is 2.35. The molecule has 0 N–H and O–H groups in total. The third-order valence-corrected chi connectivity index (χ3v) is 2.27. The van der Waals surface area contributed by atoms with Crippen LogP contribution in [0.5, 0.6) is 0 Å². The van der Waals surface area contributed by atoms with E-state index in [0.717, 1.165) is 6.42 Å². The summed E-state index contributed by atoms with van der Waals surface area (Å²) in [6, 6.07) is 0. The summed E-state index contributed by atoms with van der Waals surface area (Å²) in [5, 5.41) is 0. The standard InChI is InChI=1S/C8H10Cl2/c1-6-3-4-8(9,10)5-7(6)2/h3-4H,5H2,1-2H3. The summed E-state index contributed by atoms with van der Waals surface area (Å²) in [6.07, 6.45) is 4.55. The molecule has 1 aliphatic carbocycles. The highest BCUT2D eigenvalue weighted by molar-refractivity contribution is 6.50. The monoisotopic (exact) mass is 176 g/mol. The van der Waals surface area contributed by atoms with Gasteiger partial charge >= 0.3 is 0 Å². The van der Waals surface area contributed by atoms with Gasteiger partial charge in [0.1, 0.15) is 4.33 Å². The zero-order chi connectivity index (χ0) is 7.78. The van der Waals surface area contributed by atoms with E-state index in [1.54, 1.807) is 0 Å². The quantitative estimate of drug-likeness (QED) is 0.497. The second-order valence-corrected chi connectivity index (χ2v) is 4.28. The second kappa shape index (κ2) is 2.60. The molecule has 0 radical (unpaired) electrons. The van der Waals surface area contributed by atoms with E-state index in [0.29, 0.717) is 0 Å². The molecule has 0 spiro atoms. The van der Waals surface area contributed by atoms with Gasteiger partial charge in [-0.3, -0.25) is 0 Å². The first-order chi connectivity index (χ1) is 4.51. The van der Waals surface area contributed by atoms with E-state index in [2.05, 4.69) is 13.8 Å². The van der Waals surface area contributed by atoms with E-state index in [1.807, 2.05) is 12.2 Å². The van der Waals surface area contributed by atoms with Gasteiger partial charge in [-0.15, -0.1) is 0 Å². The van der Waals surface area contributed by atoms with Crippen molar-refractivity contribution in [3.63, 3.8) is 0 Å². The van der Waals surface area contributed by atoms with Gasteiger partial charge in [0.15, 0.2) is 0 Å². The van der Waals surface area contributed by atoms with Gasteiger partial charge in [0.2, 0.25) is 0 Å². The minimum absolute atomic E-state index is 0.663. The lowest BCUT2D eigenvalue weighted by atomic mass is 10.00.